The number of unbranched alkanes of at least 4 members (excludes halogenated alkanes) is 1. The smallest absolute Gasteiger partial charge is 0.0466 e. The Labute approximate surface area is 107 Å². The monoisotopic (exact) mass is 242 g/mol. The number of ether oxygens (including phenoxy) is 1. The molecule has 0 unspecified atom stereocenters. The van der Waals surface area contributed by atoms with Crippen molar-refractivity contribution in [3.05, 3.63) is 0 Å². The SMILES string of the molecule is CCOCCCCNCCN(C)CC1CCC1. The van der Waals surface area contributed by atoms with Crippen molar-refractivity contribution in [1.82, 2.24) is 10.2 Å². The largest absolute Gasteiger partial charge is 0.382 e. The predicted molar refractivity (Wildman–Crippen MR) is 73.4 cm³/mol. The van der Waals surface area contributed by atoms with Gasteiger partial charge in [0.2, 0.25) is 0 Å². The van der Waals surface area contributed by atoms with E-state index in [1.807, 2.05) is 0 Å². The zero-order valence-corrected chi connectivity index (χ0v) is 11.7. The number of nitrogens with one attached hydrogen (secondary N) is 1. The number of nitrogens with zero attached hydrogens (tertiary/aromatic N) is 1. The molecular weight excluding hydrogens is 212 g/mol. The summed E-state index contributed by atoms with van der Waals surface area (Å²) in [7, 11) is 2.25. The van der Waals surface area contributed by atoms with E-state index in [1.54, 1.807) is 0 Å². The lowest BCUT2D eigenvalue weighted by atomic mass is 9.85. The van der Waals surface area contributed by atoms with Crippen LogP contribution in [0.5, 0.6) is 0 Å². The summed E-state index contributed by atoms with van der Waals surface area (Å²) in [6.07, 6.45) is 6.77. The highest BCUT2D eigenvalue weighted by atomic mass is 16.5. The maximum atomic E-state index is 5.30. The van der Waals surface area contributed by atoms with Crippen molar-refractivity contribution in [2.24, 2.45) is 5.92 Å². The van der Waals surface area contributed by atoms with E-state index in [0.29, 0.717) is 0 Å². The highest BCUT2D eigenvalue weighted by molar-refractivity contribution is 4.72. The summed E-state index contributed by atoms with van der Waals surface area (Å²) in [6.45, 7) is 8.55. The Bertz CT molecular complexity index is 172. The van der Waals surface area contributed by atoms with Gasteiger partial charge in [0.15, 0.2) is 0 Å². The molecule has 0 aromatic heterocycles. The van der Waals surface area contributed by atoms with E-state index in [1.165, 1.54) is 45.2 Å². The van der Waals surface area contributed by atoms with Crippen LogP contribution >= 0.6 is 0 Å². The lowest BCUT2D eigenvalue weighted by molar-refractivity contribution is 0.143. The molecular formula is C14H30N2O. The normalized spacial score (nSPS) is 16.4. The molecule has 0 aromatic carbocycles. The van der Waals surface area contributed by atoms with Crippen molar-refractivity contribution in [2.75, 3.05) is 46.4 Å². The van der Waals surface area contributed by atoms with Gasteiger partial charge in [0.1, 0.15) is 0 Å². The molecule has 1 N–H and O–H groups in total. The van der Waals surface area contributed by atoms with Crippen LogP contribution in [0.4, 0.5) is 0 Å². The second-order valence-corrected chi connectivity index (χ2v) is 5.21. The van der Waals surface area contributed by atoms with Crippen LogP contribution in [-0.4, -0.2) is 51.3 Å². The molecule has 1 saturated carbocycles. The average Bonchev–Trinajstić information content (AvgIpc) is 2.27. The van der Waals surface area contributed by atoms with Gasteiger partial charge in [-0.15, -0.1) is 0 Å². The second-order valence-electron chi connectivity index (χ2n) is 5.21. The lowest BCUT2D eigenvalue weighted by Gasteiger charge is -2.30. The zero-order valence-electron chi connectivity index (χ0n) is 11.7. The van der Waals surface area contributed by atoms with E-state index in [-0.39, 0.29) is 0 Å². The minimum atomic E-state index is 0.847. The first-order valence-electron chi connectivity index (χ1n) is 7.30. The Morgan fingerprint density at radius 1 is 1.24 bits per heavy atom. The molecule has 102 valence electrons. The van der Waals surface area contributed by atoms with Crippen LogP contribution < -0.4 is 5.32 Å². The van der Waals surface area contributed by atoms with Gasteiger partial charge in [-0.25, -0.2) is 0 Å². The molecule has 1 aliphatic rings. The standard InChI is InChI=1S/C14H30N2O/c1-3-17-12-5-4-9-15-10-11-16(2)13-14-7-6-8-14/h14-15H,3-13H2,1-2H3. The molecule has 0 spiro atoms. The van der Waals surface area contributed by atoms with E-state index in [9.17, 15) is 0 Å². The minimum Gasteiger partial charge on any atom is -0.382 e. The van der Waals surface area contributed by atoms with Gasteiger partial charge >= 0.3 is 0 Å². The minimum absolute atomic E-state index is 0.847. The third-order valence-electron chi connectivity index (χ3n) is 3.56. The van der Waals surface area contributed by atoms with Crippen molar-refractivity contribution in [3.63, 3.8) is 0 Å². The third kappa shape index (κ3) is 7.74. The summed E-state index contributed by atoms with van der Waals surface area (Å²) < 4.78 is 5.30. The summed E-state index contributed by atoms with van der Waals surface area (Å²) in [5.41, 5.74) is 0. The molecule has 1 rings (SSSR count). The number of hydrogen-bond donors (Lipinski definition) is 1. The van der Waals surface area contributed by atoms with Gasteiger partial charge in [0.05, 0.1) is 0 Å². The Kier molecular flexibility index (Phi) is 8.67. The van der Waals surface area contributed by atoms with Gasteiger partial charge in [0.25, 0.3) is 0 Å². The Morgan fingerprint density at radius 3 is 2.71 bits per heavy atom. The molecule has 0 aliphatic heterocycles. The predicted octanol–water partition coefficient (Wildman–Crippen LogP) is 2.12. The van der Waals surface area contributed by atoms with Gasteiger partial charge < -0.3 is 15.0 Å². The number of likely N-dealkylation sites (N-methyl/N-ethyl adjacent to an activating group) is 1. The van der Waals surface area contributed by atoms with Crippen molar-refractivity contribution in [3.8, 4) is 0 Å². The molecule has 1 aliphatic carbocycles. The van der Waals surface area contributed by atoms with E-state index in [0.717, 1.165) is 32.2 Å². The summed E-state index contributed by atoms with van der Waals surface area (Å²) in [4.78, 5) is 2.47. The fourth-order valence-electron chi connectivity index (χ4n) is 2.20. The van der Waals surface area contributed by atoms with E-state index < -0.39 is 0 Å². The second kappa shape index (κ2) is 9.86. The Balaban J connectivity index is 1.76. The summed E-state index contributed by atoms with van der Waals surface area (Å²) >= 11 is 0. The molecule has 3 heteroatoms. The van der Waals surface area contributed by atoms with E-state index in [2.05, 4.69) is 24.2 Å². The van der Waals surface area contributed by atoms with Crippen molar-refractivity contribution >= 4 is 0 Å². The topological polar surface area (TPSA) is 24.5 Å². The van der Waals surface area contributed by atoms with Gasteiger partial charge in [-0.05, 0) is 52.1 Å². The van der Waals surface area contributed by atoms with Gasteiger partial charge in [0, 0.05) is 32.8 Å². The highest BCUT2D eigenvalue weighted by Crippen LogP contribution is 2.26. The lowest BCUT2D eigenvalue weighted by Crippen LogP contribution is -2.34. The molecule has 0 amide bonds. The third-order valence-corrected chi connectivity index (χ3v) is 3.56. The van der Waals surface area contributed by atoms with Crippen LogP contribution in [0, 0.1) is 5.92 Å². The Hall–Kier alpha value is -0.120. The van der Waals surface area contributed by atoms with Crippen LogP contribution in [0.15, 0.2) is 0 Å². The molecule has 0 atom stereocenters. The summed E-state index contributed by atoms with van der Waals surface area (Å²) in [5.74, 6) is 0.992. The molecule has 0 saturated heterocycles. The van der Waals surface area contributed by atoms with Gasteiger partial charge in [-0.2, -0.15) is 0 Å². The van der Waals surface area contributed by atoms with Crippen LogP contribution in [0.25, 0.3) is 0 Å². The Morgan fingerprint density at radius 2 is 2.06 bits per heavy atom. The van der Waals surface area contributed by atoms with Crippen LogP contribution in [0.1, 0.15) is 39.0 Å². The zero-order chi connectivity index (χ0) is 12.3. The highest BCUT2D eigenvalue weighted by Gasteiger charge is 2.18. The molecule has 0 bridgehead atoms. The first-order chi connectivity index (χ1) is 8.33. The van der Waals surface area contributed by atoms with E-state index in [4.69, 9.17) is 4.74 Å². The fraction of sp³-hybridized carbons (Fsp3) is 1.00. The van der Waals surface area contributed by atoms with Gasteiger partial charge in [-0.3, -0.25) is 0 Å². The first-order valence-corrected chi connectivity index (χ1v) is 7.30. The van der Waals surface area contributed by atoms with E-state index >= 15 is 0 Å². The molecule has 0 heterocycles. The number of hydrogen-bond acceptors (Lipinski definition) is 3. The molecule has 17 heavy (non-hydrogen) atoms. The van der Waals surface area contributed by atoms with Crippen molar-refractivity contribution < 1.29 is 4.74 Å². The molecule has 3 nitrogen and oxygen atoms in total. The summed E-state index contributed by atoms with van der Waals surface area (Å²) in [5, 5.41) is 3.51. The fourth-order valence-corrected chi connectivity index (χ4v) is 2.20. The van der Waals surface area contributed by atoms with Gasteiger partial charge in [-0.1, -0.05) is 6.42 Å². The number of rotatable bonds is 11. The van der Waals surface area contributed by atoms with Crippen molar-refractivity contribution in [1.29, 1.82) is 0 Å². The summed E-state index contributed by atoms with van der Waals surface area (Å²) in [6, 6.07) is 0. The van der Waals surface area contributed by atoms with Crippen LogP contribution in [-0.2, 0) is 4.74 Å². The van der Waals surface area contributed by atoms with Crippen LogP contribution in [0.2, 0.25) is 0 Å². The molecule has 0 aromatic rings. The first kappa shape index (κ1) is 14.9. The quantitative estimate of drug-likeness (QED) is 0.562. The average molecular weight is 242 g/mol. The molecule has 1 fully saturated rings. The maximum absolute atomic E-state index is 5.30. The maximum Gasteiger partial charge on any atom is 0.0466 e. The van der Waals surface area contributed by atoms with Crippen molar-refractivity contribution in [2.45, 2.75) is 39.0 Å². The molecule has 0 radical (unpaired) electrons. The van der Waals surface area contributed by atoms with Crippen LogP contribution in [0.3, 0.4) is 0 Å².